The van der Waals surface area contributed by atoms with E-state index in [0.717, 1.165) is 5.56 Å². The van der Waals surface area contributed by atoms with Gasteiger partial charge in [-0.25, -0.2) is 0 Å². The Bertz CT molecular complexity index is 424. The van der Waals surface area contributed by atoms with Gasteiger partial charge in [-0.1, -0.05) is 60.7 Å². The van der Waals surface area contributed by atoms with E-state index in [2.05, 4.69) is 0 Å². The van der Waals surface area contributed by atoms with Crippen molar-refractivity contribution in [2.24, 2.45) is 5.92 Å². The molecule has 1 nitrogen and oxygen atoms in total. The van der Waals surface area contributed by atoms with Gasteiger partial charge in [-0.15, -0.1) is 0 Å². The van der Waals surface area contributed by atoms with E-state index in [0.29, 0.717) is 0 Å². The Hall–Kier alpha value is -1.89. The first-order chi connectivity index (χ1) is 7.36. The highest BCUT2D eigenvalue weighted by molar-refractivity contribution is 5.96. The molecule has 1 aromatic carbocycles. The lowest BCUT2D eigenvalue weighted by atomic mass is 9.98. The van der Waals surface area contributed by atoms with E-state index < -0.39 is 0 Å². The van der Waals surface area contributed by atoms with E-state index in [9.17, 15) is 4.79 Å². The Morgan fingerprint density at radius 2 is 1.87 bits per heavy atom. The summed E-state index contributed by atoms with van der Waals surface area (Å²) >= 11 is 0. The summed E-state index contributed by atoms with van der Waals surface area (Å²) in [4.78, 5) is 11.4. The van der Waals surface area contributed by atoms with Crippen LogP contribution in [0, 0.1) is 5.92 Å². The largest absolute Gasteiger partial charge is 0.294 e. The number of ketones is 1. The first-order valence-electron chi connectivity index (χ1n) is 4.98. The van der Waals surface area contributed by atoms with Crippen LogP contribution in [0.1, 0.15) is 5.56 Å². The summed E-state index contributed by atoms with van der Waals surface area (Å²) in [6, 6.07) is 9.98. The zero-order chi connectivity index (χ0) is 10.5. The number of benzene rings is 1. The van der Waals surface area contributed by atoms with Gasteiger partial charge in [0.15, 0.2) is 5.78 Å². The van der Waals surface area contributed by atoms with Gasteiger partial charge in [0.1, 0.15) is 0 Å². The number of hydrogen-bond acceptors (Lipinski definition) is 1. The zero-order valence-corrected chi connectivity index (χ0v) is 8.34. The number of carbonyl (C=O) groups excluding carboxylic acids is 1. The standard InChI is InChI=1S/C14H12O/c15-14-9-5-4-8-13(14)11-10-12-6-2-1-3-7-12/h1-11,13H. The minimum atomic E-state index is -0.102. The minimum Gasteiger partial charge on any atom is -0.294 e. The Morgan fingerprint density at radius 1 is 1.07 bits per heavy atom. The van der Waals surface area contributed by atoms with Crippen molar-refractivity contribution in [1.82, 2.24) is 0 Å². The lowest BCUT2D eigenvalue weighted by Crippen LogP contribution is -2.07. The van der Waals surface area contributed by atoms with E-state index in [-0.39, 0.29) is 11.7 Å². The highest BCUT2D eigenvalue weighted by atomic mass is 16.1. The van der Waals surface area contributed by atoms with Crippen LogP contribution in [0.4, 0.5) is 0 Å². The fraction of sp³-hybridized carbons (Fsp3) is 0.0714. The molecule has 1 aromatic rings. The molecule has 1 atom stereocenters. The number of carbonyl (C=O) groups is 1. The van der Waals surface area contributed by atoms with Crippen molar-refractivity contribution in [3.63, 3.8) is 0 Å². The third-order valence-electron chi connectivity index (χ3n) is 2.31. The monoisotopic (exact) mass is 196 g/mol. The molecule has 0 heterocycles. The molecule has 0 aliphatic heterocycles. The number of rotatable bonds is 2. The Kier molecular flexibility index (Phi) is 2.93. The number of hydrogen-bond donors (Lipinski definition) is 0. The van der Waals surface area contributed by atoms with E-state index in [1.807, 2.05) is 54.6 Å². The third kappa shape index (κ3) is 2.53. The molecule has 0 amide bonds. The second kappa shape index (κ2) is 4.56. The molecule has 0 aromatic heterocycles. The Balaban J connectivity index is 2.09. The molecule has 1 heteroatoms. The summed E-state index contributed by atoms with van der Waals surface area (Å²) in [5, 5.41) is 0. The van der Waals surface area contributed by atoms with Gasteiger partial charge in [0, 0.05) is 0 Å². The van der Waals surface area contributed by atoms with Crippen LogP contribution in [0.15, 0.2) is 60.7 Å². The average Bonchev–Trinajstić information content (AvgIpc) is 2.29. The summed E-state index contributed by atoms with van der Waals surface area (Å²) in [6.07, 6.45) is 11.1. The molecule has 0 radical (unpaired) electrons. The summed E-state index contributed by atoms with van der Waals surface area (Å²) < 4.78 is 0. The molecule has 1 unspecified atom stereocenters. The first-order valence-corrected chi connectivity index (χ1v) is 4.98. The zero-order valence-electron chi connectivity index (χ0n) is 8.34. The van der Waals surface area contributed by atoms with Crippen molar-refractivity contribution in [2.45, 2.75) is 0 Å². The van der Waals surface area contributed by atoms with Crippen molar-refractivity contribution in [3.05, 3.63) is 66.3 Å². The van der Waals surface area contributed by atoms with Crippen LogP contribution >= 0.6 is 0 Å². The maximum Gasteiger partial charge on any atom is 0.166 e. The fourth-order valence-corrected chi connectivity index (χ4v) is 1.48. The highest BCUT2D eigenvalue weighted by Crippen LogP contribution is 2.11. The SMILES string of the molecule is O=C1C=CC=CC1C=Cc1ccccc1. The molecule has 0 saturated heterocycles. The van der Waals surface area contributed by atoms with Gasteiger partial charge < -0.3 is 0 Å². The van der Waals surface area contributed by atoms with Crippen LogP contribution in [-0.4, -0.2) is 5.78 Å². The molecular formula is C14H12O. The molecule has 0 fully saturated rings. The van der Waals surface area contributed by atoms with Crippen molar-refractivity contribution in [2.75, 3.05) is 0 Å². The lowest BCUT2D eigenvalue weighted by molar-refractivity contribution is -0.115. The molecule has 74 valence electrons. The summed E-state index contributed by atoms with van der Waals surface area (Å²) in [7, 11) is 0. The van der Waals surface area contributed by atoms with Crippen LogP contribution in [0.5, 0.6) is 0 Å². The molecule has 0 saturated carbocycles. The van der Waals surface area contributed by atoms with Gasteiger partial charge >= 0.3 is 0 Å². The van der Waals surface area contributed by atoms with Crippen molar-refractivity contribution < 1.29 is 4.79 Å². The summed E-state index contributed by atoms with van der Waals surface area (Å²) in [5.74, 6) is 0.0416. The van der Waals surface area contributed by atoms with Crippen LogP contribution < -0.4 is 0 Å². The van der Waals surface area contributed by atoms with Crippen LogP contribution in [0.25, 0.3) is 6.08 Å². The Morgan fingerprint density at radius 3 is 2.60 bits per heavy atom. The van der Waals surface area contributed by atoms with Gasteiger partial charge in [-0.2, -0.15) is 0 Å². The molecule has 15 heavy (non-hydrogen) atoms. The fourth-order valence-electron chi connectivity index (χ4n) is 1.48. The maximum absolute atomic E-state index is 11.4. The molecule has 1 aliphatic rings. The van der Waals surface area contributed by atoms with Crippen molar-refractivity contribution >= 4 is 11.9 Å². The van der Waals surface area contributed by atoms with Crippen molar-refractivity contribution in [1.29, 1.82) is 0 Å². The summed E-state index contributed by atoms with van der Waals surface area (Å²) in [5.41, 5.74) is 1.12. The molecule has 2 rings (SSSR count). The lowest BCUT2D eigenvalue weighted by Gasteiger charge is -2.05. The van der Waals surface area contributed by atoms with E-state index in [1.54, 1.807) is 12.2 Å². The van der Waals surface area contributed by atoms with Crippen LogP contribution in [-0.2, 0) is 4.79 Å². The smallest absolute Gasteiger partial charge is 0.166 e. The number of allylic oxidation sites excluding steroid dienone is 5. The predicted molar refractivity (Wildman–Crippen MR) is 62.3 cm³/mol. The van der Waals surface area contributed by atoms with Gasteiger partial charge in [-0.3, -0.25) is 4.79 Å². The van der Waals surface area contributed by atoms with Crippen LogP contribution in [0.2, 0.25) is 0 Å². The van der Waals surface area contributed by atoms with E-state index in [4.69, 9.17) is 0 Å². The van der Waals surface area contributed by atoms with Crippen LogP contribution in [0.3, 0.4) is 0 Å². The van der Waals surface area contributed by atoms with Gasteiger partial charge in [-0.05, 0) is 11.6 Å². The molecule has 1 aliphatic carbocycles. The van der Waals surface area contributed by atoms with E-state index in [1.165, 1.54) is 0 Å². The Labute approximate surface area is 89.4 Å². The van der Waals surface area contributed by atoms with Gasteiger partial charge in [0.25, 0.3) is 0 Å². The topological polar surface area (TPSA) is 17.1 Å². The summed E-state index contributed by atoms with van der Waals surface area (Å²) in [6.45, 7) is 0. The maximum atomic E-state index is 11.4. The average molecular weight is 196 g/mol. The second-order valence-electron chi connectivity index (χ2n) is 3.44. The molecular weight excluding hydrogens is 184 g/mol. The van der Waals surface area contributed by atoms with Gasteiger partial charge in [0.05, 0.1) is 5.92 Å². The minimum absolute atomic E-state index is 0.102. The molecule has 0 spiro atoms. The highest BCUT2D eigenvalue weighted by Gasteiger charge is 2.10. The first kappa shape index (κ1) is 9.66. The normalized spacial score (nSPS) is 20.0. The second-order valence-corrected chi connectivity index (χ2v) is 3.44. The quantitative estimate of drug-likeness (QED) is 0.710. The molecule has 0 N–H and O–H groups in total. The predicted octanol–water partition coefficient (Wildman–Crippen LogP) is 3.01. The van der Waals surface area contributed by atoms with E-state index >= 15 is 0 Å². The third-order valence-corrected chi connectivity index (χ3v) is 2.31. The molecule has 0 bridgehead atoms. The van der Waals surface area contributed by atoms with Crippen molar-refractivity contribution in [3.8, 4) is 0 Å². The van der Waals surface area contributed by atoms with Gasteiger partial charge in [0.2, 0.25) is 0 Å².